The maximum atomic E-state index is 11.8. The summed E-state index contributed by atoms with van der Waals surface area (Å²) in [7, 11) is 0. The van der Waals surface area contributed by atoms with Crippen LogP contribution in [0.25, 0.3) is 0 Å². The Labute approximate surface area is 150 Å². The number of nitrogens with one attached hydrogen (secondary N) is 3. The lowest BCUT2D eigenvalue weighted by Crippen LogP contribution is -2.47. The first-order chi connectivity index (χ1) is 12.0. The number of carbonyl (C=O) groups excluding carboxylic acids is 1. The molecule has 2 unspecified atom stereocenters. The van der Waals surface area contributed by atoms with Crippen LogP contribution in [-0.2, 0) is 0 Å². The van der Waals surface area contributed by atoms with Crippen LogP contribution in [0, 0.1) is 5.92 Å². The van der Waals surface area contributed by atoms with E-state index < -0.39 is 0 Å². The standard InChI is InChI=1S/C18H31N5O2/c1-5-19-18(22-15-12-23(13(2)3)11-14(15)4)21-9-8-20-17(24)16-7-6-10-25-16/h6-7,10,13-15H,5,8-9,11-12H2,1-4H3,(H,20,24)(H2,19,21,22). The molecule has 0 radical (unpaired) electrons. The largest absolute Gasteiger partial charge is 0.459 e. The van der Waals surface area contributed by atoms with E-state index in [1.54, 1.807) is 12.1 Å². The van der Waals surface area contributed by atoms with Gasteiger partial charge in [-0.1, -0.05) is 6.92 Å². The number of furan rings is 1. The number of hydrogen-bond acceptors (Lipinski definition) is 4. The van der Waals surface area contributed by atoms with Crippen LogP contribution >= 0.6 is 0 Å². The third-order valence-electron chi connectivity index (χ3n) is 4.45. The van der Waals surface area contributed by atoms with Crippen LogP contribution in [0.4, 0.5) is 0 Å². The van der Waals surface area contributed by atoms with Crippen molar-refractivity contribution >= 4 is 11.9 Å². The summed E-state index contributed by atoms with van der Waals surface area (Å²) in [6, 6.07) is 4.29. The van der Waals surface area contributed by atoms with E-state index in [9.17, 15) is 4.79 Å². The van der Waals surface area contributed by atoms with E-state index in [0.717, 1.165) is 25.6 Å². The van der Waals surface area contributed by atoms with Crippen LogP contribution < -0.4 is 16.0 Å². The lowest BCUT2D eigenvalue weighted by atomic mass is 10.1. The first-order valence-electron chi connectivity index (χ1n) is 9.11. The average Bonchev–Trinajstić information content (AvgIpc) is 3.22. The predicted molar refractivity (Wildman–Crippen MR) is 99.8 cm³/mol. The van der Waals surface area contributed by atoms with Crippen LogP contribution in [0.1, 0.15) is 38.2 Å². The number of rotatable bonds is 7. The van der Waals surface area contributed by atoms with Crippen LogP contribution in [0.5, 0.6) is 0 Å². The molecule has 2 rings (SSSR count). The zero-order valence-electron chi connectivity index (χ0n) is 15.7. The first kappa shape index (κ1) is 19.3. The van der Waals surface area contributed by atoms with Crippen molar-refractivity contribution in [2.75, 3.05) is 32.7 Å². The molecule has 0 bridgehead atoms. The highest BCUT2D eigenvalue weighted by Gasteiger charge is 2.31. The fourth-order valence-corrected chi connectivity index (χ4v) is 2.94. The van der Waals surface area contributed by atoms with Gasteiger partial charge >= 0.3 is 0 Å². The quantitative estimate of drug-likeness (QED) is 0.393. The average molecular weight is 349 g/mol. The summed E-state index contributed by atoms with van der Waals surface area (Å²) >= 11 is 0. The van der Waals surface area contributed by atoms with Crippen LogP contribution in [0.15, 0.2) is 27.8 Å². The van der Waals surface area contributed by atoms with Crippen molar-refractivity contribution < 1.29 is 9.21 Å². The van der Waals surface area contributed by atoms with Gasteiger partial charge in [-0.25, -0.2) is 0 Å². The molecule has 140 valence electrons. The highest BCUT2D eigenvalue weighted by Crippen LogP contribution is 2.18. The molecule has 0 spiro atoms. The van der Waals surface area contributed by atoms with Crippen LogP contribution in [0.2, 0.25) is 0 Å². The van der Waals surface area contributed by atoms with E-state index in [4.69, 9.17) is 4.42 Å². The van der Waals surface area contributed by atoms with Crippen molar-refractivity contribution in [3.8, 4) is 0 Å². The highest BCUT2D eigenvalue weighted by molar-refractivity contribution is 5.91. The number of hydrogen-bond donors (Lipinski definition) is 3. The molecule has 2 heterocycles. The Balaban J connectivity index is 1.81. The summed E-state index contributed by atoms with van der Waals surface area (Å²) in [6.45, 7) is 12.7. The van der Waals surface area contributed by atoms with Crippen molar-refractivity contribution in [2.24, 2.45) is 10.9 Å². The van der Waals surface area contributed by atoms with Gasteiger partial charge in [-0.15, -0.1) is 0 Å². The summed E-state index contributed by atoms with van der Waals surface area (Å²) in [6.07, 6.45) is 1.49. The minimum absolute atomic E-state index is 0.213. The van der Waals surface area contributed by atoms with Gasteiger partial charge in [0.05, 0.1) is 12.8 Å². The molecule has 1 saturated heterocycles. The van der Waals surface area contributed by atoms with Crippen molar-refractivity contribution in [2.45, 2.75) is 39.8 Å². The molecular weight excluding hydrogens is 318 g/mol. The highest BCUT2D eigenvalue weighted by atomic mass is 16.3. The molecule has 1 fully saturated rings. The predicted octanol–water partition coefficient (Wildman–Crippen LogP) is 1.29. The number of guanidine groups is 1. The maximum absolute atomic E-state index is 11.8. The summed E-state index contributed by atoms with van der Waals surface area (Å²) in [5.74, 6) is 1.49. The minimum Gasteiger partial charge on any atom is -0.459 e. The van der Waals surface area contributed by atoms with E-state index in [1.165, 1.54) is 6.26 Å². The zero-order chi connectivity index (χ0) is 18.2. The van der Waals surface area contributed by atoms with E-state index in [2.05, 4.69) is 46.6 Å². The number of nitrogens with zero attached hydrogens (tertiary/aromatic N) is 2. The molecule has 0 saturated carbocycles. The van der Waals surface area contributed by atoms with Gasteiger partial charge in [-0.3, -0.25) is 14.7 Å². The second-order valence-corrected chi connectivity index (χ2v) is 6.77. The Bertz CT molecular complexity index is 556. The molecule has 1 aliphatic rings. The fraction of sp³-hybridized carbons (Fsp3) is 0.667. The maximum Gasteiger partial charge on any atom is 0.287 e. The smallest absolute Gasteiger partial charge is 0.287 e. The molecule has 3 N–H and O–H groups in total. The van der Waals surface area contributed by atoms with Gasteiger partial charge in [0.2, 0.25) is 0 Å². The SMILES string of the molecule is CCNC(=NCCNC(=O)c1ccco1)NC1CN(C(C)C)CC1C. The van der Waals surface area contributed by atoms with Gasteiger partial charge in [-0.2, -0.15) is 0 Å². The summed E-state index contributed by atoms with van der Waals surface area (Å²) in [5, 5.41) is 9.62. The van der Waals surface area contributed by atoms with E-state index >= 15 is 0 Å². The monoisotopic (exact) mass is 349 g/mol. The van der Waals surface area contributed by atoms with E-state index in [1.807, 2.05) is 6.92 Å². The Hall–Kier alpha value is -2.02. The number of aliphatic imine (C=N–C) groups is 1. The van der Waals surface area contributed by atoms with E-state index in [0.29, 0.717) is 36.9 Å². The molecule has 0 aliphatic carbocycles. The summed E-state index contributed by atoms with van der Waals surface area (Å²) < 4.78 is 5.06. The molecular formula is C18H31N5O2. The van der Waals surface area contributed by atoms with Crippen LogP contribution in [0.3, 0.4) is 0 Å². The van der Waals surface area contributed by atoms with Crippen molar-refractivity contribution in [3.05, 3.63) is 24.2 Å². The number of amides is 1. The Morgan fingerprint density at radius 1 is 1.40 bits per heavy atom. The van der Waals surface area contributed by atoms with Gasteiger partial charge in [0.1, 0.15) is 0 Å². The lowest BCUT2D eigenvalue weighted by Gasteiger charge is -2.22. The van der Waals surface area contributed by atoms with Gasteiger partial charge in [0.25, 0.3) is 5.91 Å². The molecule has 1 aliphatic heterocycles. The molecule has 25 heavy (non-hydrogen) atoms. The van der Waals surface area contributed by atoms with Gasteiger partial charge in [0.15, 0.2) is 11.7 Å². The Morgan fingerprint density at radius 3 is 2.80 bits per heavy atom. The second kappa shape index (κ2) is 9.46. The number of likely N-dealkylation sites (tertiary alicyclic amines) is 1. The topological polar surface area (TPSA) is 81.9 Å². The third-order valence-corrected chi connectivity index (χ3v) is 4.45. The molecule has 1 aromatic rings. The van der Waals surface area contributed by atoms with Gasteiger partial charge in [-0.05, 0) is 38.8 Å². The van der Waals surface area contributed by atoms with E-state index in [-0.39, 0.29) is 5.91 Å². The van der Waals surface area contributed by atoms with Gasteiger partial charge in [0, 0.05) is 38.3 Å². The molecule has 7 heteroatoms. The Kier molecular flexibility index (Phi) is 7.31. The van der Waals surface area contributed by atoms with Gasteiger partial charge < -0.3 is 20.4 Å². The van der Waals surface area contributed by atoms with Crippen molar-refractivity contribution in [1.29, 1.82) is 0 Å². The molecule has 1 aromatic heterocycles. The molecule has 7 nitrogen and oxygen atoms in total. The normalized spacial score (nSPS) is 21.6. The fourth-order valence-electron chi connectivity index (χ4n) is 2.94. The van der Waals surface area contributed by atoms with Crippen molar-refractivity contribution in [1.82, 2.24) is 20.9 Å². The minimum atomic E-state index is -0.213. The zero-order valence-corrected chi connectivity index (χ0v) is 15.7. The molecule has 2 atom stereocenters. The number of carbonyl (C=O) groups is 1. The molecule has 0 aromatic carbocycles. The Morgan fingerprint density at radius 2 is 2.20 bits per heavy atom. The first-order valence-corrected chi connectivity index (χ1v) is 9.11. The lowest BCUT2D eigenvalue weighted by molar-refractivity contribution is 0.0927. The molecule has 1 amide bonds. The third kappa shape index (κ3) is 5.77. The summed E-state index contributed by atoms with van der Waals surface area (Å²) in [4.78, 5) is 18.9. The van der Waals surface area contributed by atoms with Crippen LogP contribution in [-0.4, -0.2) is 61.6 Å². The summed E-state index contributed by atoms with van der Waals surface area (Å²) in [5.41, 5.74) is 0. The second-order valence-electron chi connectivity index (χ2n) is 6.77. The van der Waals surface area contributed by atoms with Crippen molar-refractivity contribution in [3.63, 3.8) is 0 Å².